The lowest BCUT2D eigenvalue weighted by molar-refractivity contribution is 0.0981. The van der Waals surface area contributed by atoms with Gasteiger partial charge < -0.3 is 0 Å². The molecule has 0 saturated heterocycles. The van der Waals surface area contributed by atoms with E-state index in [2.05, 4.69) is 9.71 Å². The zero-order chi connectivity index (χ0) is 19.4. The number of pyridine rings is 1. The highest BCUT2D eigenvalue weighted by atomic mass is 35.5. The molecule has 0 radical (unpaired) electrons. The van der Waals surface area contributed by atoms with E-state index in [-0.39, 0.29) is 10.5 Å². The van der Waals surface area contributed by atoms with Crippen molar-refractivity contribution in [2.24, 2.45) is 0 Å². The van der Waals surface area contributed by atoms with Crippen LogP contribution in [-0.4, -0.2) is 19.3 Å². The van der Waals surface area contributed by atoms with Crippen molar-refractivity contribution in [3.05, 3.63) is 83.1 Å². The first-order valence-electron chi connectivity index (χ1n) is 7.86. The Balaban J connectivity index is 1.88. The number of hydrogen-bond acceptors (Lipinski definition) is 5. The summed E-state index contributed by atoms with van der Waals surface area (Å²) >= 11 is 7.09. The molecule has 0 fully saturated rings. The summed E-state index contributed by atoms with van der Waals surface area (Å²) in [4.78, 5) is 17.5. The third-order valence-corrected chi connectivity index (χ3v) is 6.39. The van der Waals surface area contributed by atoms with E-state index in [1.807, 2.05) is 31.2 Å². The van der Waals surface area contributed by atoms with Gasteiger partial charge in [-0.1, -0.05) is 41.1 Å². The summed E-state index contributed by atoms with van der Waals surface area (Å²) < 4.78 is 27.6. The molecule has 0 bridgehead atoms. The summed E-state index contributed by atoms with van der Waals surface area (Å²) in [5.41, 5.74) is 1.26. The third-order valence-electron chi connectivity index (χ3n) is 3.59. The van der Waals surface area contributed by atoms with E-state index < -0.39 is 15.9 Å². The lowest BCUT2D eigenvalue weighted by atomic mass is 10.2. The highest BCUT2D eigenvalue weighted by Gasteiger charge is 2.23. The maximum atomic E-state index is 12.7. The van der Waals surface area contributed by atoms with E-state index >= 15 is 0 Å². The molecule has 27 heavy (non-hydrogen) atoms. The fourth-order valence-corrected chi connectivity index (χ4v) is 4.81. The second-order valence-electron chi connectivity index (χ2n) is 5.68. The summed E-state index contributed by atoms with van der Waals surface area (Å²) in [6.07, 6.45) is 2.74. The maximum absolute atomic E-state index is 12.7. The normalized spacial score (nSPS) is 11.2. The zero-order valence-electron chi connectivity index (χ0n) is 14.2. The Kier molecular flexibility index (Phi) is 5.84. The van der Waals surface area contributed by atoms with Gasteiger partial charge in [0.2, 0.25) is 0 Å². The largest absolute Gasteiger partial charge is 0.268 e. The van der Waals surface area contributed by atoms with Crippen molar-refractivity contribution in [1.82, 2.24) is 9.71 Å². The van der Waals surface area contributed by atoms with Crippen LogP contribution in [0.15, 0.2) is 81.7 Å². The van der Waals surface area contributed by atoms with Crippen LogP contribution < -0.4 is 4.72 Å². The molecule has 1 heterocycles. The maximum Gasteiger partial charge on any atom is 0.266 e. The highest BCUT2D eigenvalue weighted by Crippen LogP contribution is 2.32. The first kappa shape index (κ1) is 19.4. The van der Waals surface area contributed by atoms with Crippen LogP contribution in [0.3, 0.4) is 0 Å². The molecule has 0 aliphatic heterocycles. The van der Waals surface area contributed by atoms with E-state index in [1.165, 1.54) is 48.4 Å². The predicted molar refractivity (Wildman–Crippen MR) is 106 cm³/mol. The Morgan fingerprint density at radius 2 is 1.85 bits per heavy atom. The molecule has 0 atom stereocenters. The number of amides is 1. The van der Waals surface area contributed by atoms with Gasteiger partial charge in [-0.15, -0.1) is 0 Å². The number of hydrogen-bond donors (Lipinski definition) is 1. The molecule has 8 heteroatoms. The van der Waals surface area contributed by atoms with Crippen LogP contribution in [0.2, 0.25) is 5.02 Å². The average molecular weight is 419 g/mol. The molecule has 1 N–H and O–H groups in total. The van der Waals surface area contributed by atoms with Gasteiger partial charge in [0.05, 0.1) is 0 Å². The fraction of sp³-hybridized carbons (Fsp3) is 0.0526. The van der Waals surface area contributed by atoms with Gasteiger partial charge in [-0.3, -0.25) is 9.78 Å². The fourth-order valence-electron chi connectivity index (χ4n) is 2.30. The van der Waals surface area contributed by atoms with E-state index in [9.17, 15) is 13.2 Å². The molecular formula is C19H15ClN2O3S2. The summed E-state index contributed by atoms with van der Waals surface area (Å²) in [6.45, 7) is 1.96. The van der Waals surface area contributed by atoms with Crippen LogP contribution in [-0.2, 0) is 10.0 Å². The van der Waals surface area contributed by atoms with Gasteiger partial charge in [-0.2, -0.15) is 0 Å². The van der Waals surface area contributed by atoms with E-state index in [4.69, 9.17) is 11.6 Å². The molecule has 5 nitrogen and oxygen atoms in total. The Morgan fingerprint density at radius 3 is 2.56 bits per heavy atom. The first-order chi connectivity index (χ1) is 12.8. The minimum atomic E-state index is -4.09. The molecule has 1 aromatic heterocycles. The van der Waals surface area contributed by atoms with Crippen LogP contribution in [0.25, 0.3) is 0 Å². The second kappa shape index (κ2) is 8.12. The smallest absolute Gasteiger partial charge is 0.266 e. The Bertz CT molecular complexity index is 1080. The summed E-state index contributed by atoms with van der Waals surface area (Å²) in [7, 11) is -4.09. The predicted octanol–water partition coefficient (Wildman–Crippen LogP) is 4.31. The second-order valence-corrected chi connectivity index (χ2v) is 8.89. The monoisotopic (exact) mass is 418 g/mol. The number of nitrogens with one attached hydrogen (secondary N) is 1. The molecule has 0 spiro atoms. The van der Waals surface area contributed by atoms with Gasteiger partial charge in [0.1, 0.15) is 4.90 Å². The molecule has 0 saturated carbocycles. The summed E-state index contributed by atoms with van der Waals surface area (Å²) in [5.74, 6) is -0.734. The number of carbonyl (C=O) groups is 1. The lowest BCUT2D eigenvalue weighted by Crippen LogP contribution is -2.31. The van der Waals surface area contributed by atoms with Crippen LogP contribution in [0.1, 0.15) is 15.9 Å². The number of aryl methyl sites for hydroxylation is 1. The highest BCUT2D eigenvalue weighted by molar-refractivity contribution is 8.00. The number of aromatic nitrogens is 1. The Morgan fingerprint density at radius 1 is 1.11 bits per heavy atom. The minimum Gasteiger partial charge on any atom is -0.268 e. The van der Waals surface area contributed by atoms with Crippen molar-refractivity contribution in [3.8, 4) is 0 Å². The molecule has 0 unspecified atom stereocenters. The molecule has 0 aliphatic rings. The SMILES string of the molecule is Cc1cccc(Sc2ccncc2S(=O)(=O)NC(=O)c2ccc(Cl)cc2)c1. The number of benzene rings is 2. The number of nitrogens with zero attached hydrogens (tertiary/aromatic N) is 1. The van der Waals surface area contributed by atoms with Crippen molar-refractivity contribution in [1.29, 1.82) is 0 Å². The number of sulfonamides is 1. The summed E-state index contributed by atoms with van der Waals surface area (Å²) in [6, 6.07) is 15.3. The molecule has 1 amide bonds. The summed E-state index contributed by atoms with van der Waals surface area (Å²) in [5, 5.41) is 0.457. The van der Waals surface area contributed by atoms with E-state index in [1.54, 1.807) is 6.07 Å². The third kappa shape index (κ3) is 4.88. The van der Waals surface area contributed by atoms with Crippen LogP contribution >= 0.6 is 23.4 Å². The van der Waals surface area contributed by atoms with Crippen molar-refractivity contribution in [2.75, 3.05) is 0 Å². The van der Waals surface area contributed by atoms with Crippen molar-refractivity contribution in [2.45, 2.75) is 21.6 Å². The van der Waals surface area contributed by atoms with Gasteiger partial charge in [-0.25, -0.2) is 13.1 Å². The number of carbonyl (C=O) groups excluding carboxylic acids is 1. The molecule has 2 aromatic carbocycles. The van der Waals surface area contributed by atoms with Gasteiger partial charge in [-0.05, 0) is 49.4 Å². The number of halogens is 1. The molecule has 3 rings (SSSR count). The van der Waals surface area contributed by atoms with Gasteiger partial charge in [0.15, 0.2) is 0 Å². The lowest BCUT2D eigenvalue weighted by Gasteiger charge is -2.11. The van der Waals surface area contributed by atoms with Crippen molar-refractivity contribution < 1.29 is 13.2 Å². The Labute approximate surface area is 166 Å². The van der Waals surface area contributed by atoms with E-state index in [0.29, 0.717) is 9.92 Å². The van der Waals surface area contributed by atoms with E-state index in [0.717, 1.165) is 10.5 Å². The number of rotatable bonds is 5. The molecule has 138 valence electrons. The zero-order valence-corrected chi connectivity index (χ0v) is 16.6. The average Bonchev–Trinajstić information content (AvgIpc) is 2.62. The first-order valence-corrected chi connectivity index (χ1v) is 10.5. The van der Waals surface area contributed by atoms with Crippen molar-refractivity contribution in [3.63, 3.8) is 0 Å². The standard InChI is InChI=1S/C19H15ClN2O3S2/c1-13-3-2-4-16(11-13)26-17-9-10-21-12-18(17)27(24,25)22-19(23)14-5-7-15(20)8-6-14/h2-12H,1H3,(H,22,23). The van der Waals surface area contributed by atoms with Gasteiger partial charge in [0.25, 0.3) is 15.9 Å². The minimum absolute atomic E-state index is 0.0566. The van der Waals surface area contributed by atoms with Crippen LogP contribution in [0, 0.1) is 6.92 Å². The Hall–Kier alpha value is -2.35. The van der Waals surface area contributed by atoms with Crippen molar-refractivity contribution >= 4 is 39.3 Å². The van der Waals surface area contributed by atoms with Gasteiger partial charge in [0, 0.05) is 32.8 Å². The molecular weight excluding hydrogens is 404 g/mol. The quantitative estimate of drug-likeness (QED) is 0.668. The molecule has 3 aromatic rings. The molecule has 0 aliphatic carbocycles. The van der Waals surface area contributed by atoms with Crippen LogP contribution in [0.4, 0.5) is 0 Å². The topological polar surface area (TPSA) is 76.1 Å². The van der Waals surface area contributed by atoms with Crippen LogP contribution in [0.5, 0.6) is 0 Å². The van der Waals surface area contributed by atoms with Gasteiger partial charge >= 0.3 is 0 Å².